The summed E-state index contributed by atoms with van der Waals surface area (Å²) in [7, 11) is 0.151. The summed E-state index contributed by atoms with van der Waals surface area (Å²) in [5.74, 6) is -0.906. The van der Waals surface area contributed by atoms with Crippen molar-refractivity contribution in [3.63, 3.8) is 0 Å². The van der Waals surface area contributed by atoms with Gasteiger partial charge in [-0.1, -0.05) is 55.3 Å². The number of hydrogen-bond acceptors (Lipinski definition) is 0. The van der Waals surface area contributed by atoms with Crippen molar-refractivity contribution in [2.75, 3.05) is 0 Å². The molecule has 0 unspecified atom stereocenters. The van der Waals surface area contributed by atoms with Crippen molar-refractivity contribution in [3.05, 3.63) is 59.7 Å². The first-order chi connectivity index (χ1) is 10.7. The second kappa shape index (κ2) is 6.74. The highest BCUT2D eigenvalue weighted by Gasteiger charge is 2.21. The van der Waals surface area contributed by atoms with Gasteiger partial charge in [0.1, 0.15) is 0 Å². The topological polar surface area (TPSA) is 0 Å². The third kappa shape index (κ3) is 3.30. The maximum atomic E-state index is 13.3. The maximum Gasteiger partial charge on any atom is 0.159 e. The van der Waals surface area contributed by atoms with Gasteiger partial charge in [-0.3, -0.25) is 0 Å². The van der Waals surface area contributed by atoms with Crippen LogP contribution in [0.15, 0.2) is 42.5 Å². The number of halogens is 2. The van der Waals surface area contributed by atoms with Gasteiger partial charge >= 0.3 is 0 Å². The zero-order valence-electron chi connectivity index (χ0n) is 13.0. The van der Waals surface area contributed by atoms with Gasteiger partial charge < -0.3 is 0 Å². The molecule has 0 N–H and O–H groups in total. The first-order valence-electron chi connectivity index (χ1n) is 8.22. The van der Waals surface area contributed by atoms with Gasteiger partial charge in [-0.15, -0.1) is 0 Å². The van der Waals surface area contributed by atoms with Crippen LogP contribution in [0.25, 0.3) is 11.1 Å². The Balaban J connectivity index is 1.74. The van der Waals surface area contributed by atoms with Crippen molar-refractivity contribution in [2.45, 2.75) is 43.7 Å². The average Bonchev–Trinajstić information content (AvgIpc) is 2.58. The molecule has 0 spiro atoms. The predicted octanol–water partition coefficient (Wildman–Crippen LogP) is 5.29. The molecule has 2 aromatic carbocycles. The van der Waals surface area contributed by atoms with Crippen LogP contribution in [0.3, 0.4) is 0 Å². The van der Waals surface area contributed by atoms with Gasteiger partial charge in [0.25, 0.3) is 0 Å². The lowest BCUT2D eigenvalue weighted by Crippen LogP contribution is -2.12. The van der Waals surface area contributed by atoms with Crippen LogP contribution < -0.4 is 0 Å². The van der Waals surface area contributed by atoms with E-state index >= 15 is 0 Å². The molecule has 3 rings (SSSR count). The van der Waals surface area contributed by atoms with Crippen LogP contribution >= 0.6 is 0 Å². The smallest absolute Gasteiger partial charge is 0.159 e. The van der Waals surface area contributed by atoms with E-state index in [1.807, 2.05) is 12.1 Å². The first-order valence-corrected chi connectivity index (χ1v) is 10.5. The van der Waals surface area contributed by atoms with Crippen LogP contribution in [0.2, 0.25) is 12.1 Å². The standard InChI is InChI=1S/C19H22F2Si/c1-22-17-9-6-14(7-10-17)13-2-4-15(5-3-13)16-8-11-18(20)19(21)12-16/h2-5,8,11-12,14,17H,6-7,9-10,22H2,1H3/t14-,17-. The predicted molar refractivity (Wildman–Crippen MR) is 91.2 cm³/mol. The second-order valence-corrected chi connectivity index (χ2v) is 8.35. The van der Waals surface area contributed by atoms with Crippen molar-refractivity contribution in [1.82, 2.24) is 0 Å². The molecule has 3 heteroatoms. The summed E-state index contributed by atoms with van der Waals surface area (Å²) >= 11 is 0. The van der Waals surface area contributed by atoms with Gasteiger partial charge in [-0.2, -0.15) is 0 Å². The van der Waals surface area contributed by atoms with E-state index in [-0.39, 0.29) is 9.52 Å². The first kappa shape index (κ1) is 15.4. The van der Waals surface area contributed by atoms with E-state index in [4.69, 9.17) is 0 Å². The largest absolute Gasteiger partial charge is 0.204 e. The van der Waals surface area contributed by atoms with Crippen molar-refractivity contribution in [2.24, 2.45) is 0 Å². The van der Waals surface area contributed by atoms with Crippen LogP contribution in [0.4, 0.5) is 8.78 Å². The van der Waals surface area contributed by atoms with Crippen LogP contribution in [0.1, 0.15) is 37.2 Å². The Morgan fingerprint density at radius 3 is 2.05 bits per heavy atom. The lowest BCUT2D eigenvalue weighted by molar-refractivity contribution is 0.441. The summed E-state index contributed by atoms with van der Waals surface area (Å²) in [6, 6.07) is 12.5. The third-order valence-electron chi connectivity index (χ3n) is 5.06. The Kier molecular flexibility index (Phi) is 4.72. The Hall–Kier alpha value is -1.48. The number of rotatable bonds is 3. The molecule has 1 aliphatic rings. The molecule has 0 amide bonds. The van der Waals surface area contributed by atoms with Crippen LogP contribution in [0, 0.1) is 11.6 Å². The number of benzene rings is 2. The van der Waals surface area contributed by atoms with Crippen molar-refractivity contribution >= 4 is 9.52 Å². The summed E-state index contributed by atoms with van der Waals surface area (Å²) in [5.41, 5.74) is 4.10. The molecular formula is C19H22F2Si. The maximum absolute atomic E-state index is 13.3. The van der Waals surface area contributed by atoms with Gasteiger partial charge in [0.05, 0.1) is 0 Å². The summed E-state index contributed by atoms with van der Waals surface area (Å²) in [6.45, 7) is 2.42. The minimum Gasteiger partial charge on any atom is -0.204 e. The zero-order chi connectivity index (χ0) is 15.5. The Morgan fingerprint density at radius 2 is 1.45 bits per heavy atom. The quantitative estimate of drug-likeness (QED) is 0.675. The van der Waals surface area contributed by atoms with Crippen LogP contribution in [-0.2, 0) is 0 Å². The van der Waals surface area contributed by atoms with Gasteiger partial charge in [-0.25, -0.2) is 8.78 Å². The highest BCUT2D eigenvalue weighted by molar-refractivity contribution is 6.35. The normalized spacial score (nSPS) is 22.3. The molecule has 0 heterocycles. The summed E-state index contributed by atoms with van der Waals surface area (Å²) < 4.78 is 26.3. The van der Waals surface area contributed by atoms with E-state index in [9.17, 15) is 8.78 Å². The molecule has 0 radical (unpaired) electrons. The van der Waals surface area contributed by atoms with E-state index in [2.05, 4.69) is 18.7 Å². The van der Waals surface area contributed by atoms with E-state index < -0.39 is 11.6 Å². The molecule has 1 aliphatic carbocycles. The molecule has 0 aromatic heterocycles. The molecule has 1 saturated carbocycles. The van der Waals surface area contributed by atoms with Crippen molar-refractivity contribution < 1.29 is 8.78 Å². The second-order valence-electron chi connectivity index (χ2n) is 6.38. The summed E-state index contributed by atoms with van der Waals surface area (Å²) in [4.78, 5) is 0. The zero-order valence-corrected chi connectivity index (χ0v) is 14.4. The molecule has 116 valence electrons. The third-order valence-corrected chi connectivity index (χ3v) is 7.03. The van der Waals surface area contributed by atoms with Crippen LogP contribution in [0.5, 0.6) is 0 Å². The summed E-state index contributed by atoms with van der Waals surface area (Å²) in [5, 5.41) is 0. The van der Waals surface area contributed by atoms with Gasteiger partial charge in [-0.05, 0) is 47.6 Å². The van der Waals surface area contributed by atoms with E-state index in [1.165, 1.54) is 43.4 Å². The highest BCUT2D eigenvalue weighted by Crippen LogP contribution is 2.38. The lowest BCUT2D eigenvalue weighted by atomic mass is 9.83. The van der Waals surface area contributed by atoms with E-state index in [0.717, 1.165) is 16.7 Å². The molecule has 2 aromatic rings. The van der Waals surface area contributed by atoms with Crippen molar-refractivity contribution in [3.8, 4) is 11.1 Å². The molecule has 0 atom stereocenters. The van der Waals surface area contributed by atoms with E-state index in [1.54, 1.807) is 6.07 Å². The fraction of sp³-hybridized carbons (Fsp3) is 0.368. The average molecular weight is 316 g/mol. The van der Waals surface area contributed by atoms with Gasteiger partial charge in [0.15, 0.2) is 11.6 Å². The highest BCUT2D eigenvalue weighted by atomic mass is 28.2. The molecule has 0 bridgehead atoms. The number of hydrogen-bond donors (Lipinski definition) is 0. The minimum atomic E-state index is -0.795. The fourth-order valence-corrected chi connectivity index (χ4v) is 4.82. The van der Waals surface area contributed by atoms with Gasteiger partial charge in [0.2, 0.25) is 0 Å². The van der Waals surface area contributed by atoms with Gasteiger partial charge in [0, 0.05) is 9.52 Å². The Morgan fingerprint density at radius 1 is 0.818 bits per heavy atom. The molecule has 22 heavy (non-hydrogen) atoms. The SMILES string of the molecule is C[SiH2][C@H]1CC[C@H](c2ccc(-c3ccc(F)c(F)c3)cc2)CC1. The molecule has 0 saturated heterocycles. The van der Waals surface area contributed by atoms with Crippen LogP contribution in [-0.4, -0.2) is 9.52 Å². The summed E-state index contributed by atoms with van der Waals surface area (Å²) in [6.07, 6.45) is 5.38. The minimum absolute atomic E-state index is 0.151. The monoisotopic (exact) mass is 316 g/mol. The molecule has 0 nitrogen and oxygen atoms in total. The molecule has 1 fully saturated rings. The molecular weight excluding hydrogens is 294 g/mol. The fourth-order valence-electron chi connectivity index (χ4n) is 3.53. The lowest BCUT2D eigenvalue weighted by Gasteiger charge is -2.28. The Labute approximate surface area is 133 Å². The van der Waals surface area contributed by atoms with E-state index in [0.29, 0.717) is 5.92 Å². The Bertz CT molecular complexity index is 628. The molecule has 0 aliphatic heterocycles. The van der Waals surface area contributed by atoms with Crippen molar-refractivity contribution in [1.29, 1.82) is 0 Å².